The van der Waals surface area contributed by atoms with Crippen LogP contribution in [0, 0.1) is 11.3 Å². The fraction of sp³-hybridized carbons (Fsp3) is 0.607. The van der Waals surface area contributed by atoms with Crippen LogP contribution < -0.4 is 0 Å². The van der Waals surface area contributed by atoms with Crippen molar-refractivity contribution >= 4 is 29.7 Å². The molecule has 0 bridgehead atoms. The zero-order chi connectivity index (χ0) is 25.5. The summed E-state index contributed by atoms with van der Waals surface area (Å²) in [5, 5.41) is -0.107. The minimum atomic E-state index is -1.32. The first-order valence-corrected chi connectivity index (χ1v) is 13.6. The second kappa shape index (κ2) is 15.7. The zero-order valence-electron chi connectivity index (χ0n) is 21.3. The van der Waals surface area contributed by atoms with Crippen molar-refractivity contribution < 1.29 is 28.6 Å². The maximum absolute atomic E-state index is 13.2. The summed E-state index contributed by atoms with van der Waals surface area (Å²) in [6, 6.07) is 10.0. The van der Waals surface area contributed by atoms with Crippen LogP contribution in [0.2, 0.25) is 0 Å². The first-order chi connectivity index (χ1) is 17.0. The van der Waals surface area contributed by atoms with Gasteiger partial charge in [-0.1, -0.05) is 69.4 Å². The number of unbranched alkanes of at least 4 members (excludes halogenated alkanes) is 6. The smallest absolute Gasteiger partial charge is 0.323 e. The Labute approximate surface area is 214 Å². The number of thioether (sulfide) groups is 1. The molecule has 1 aliphatic rings. The molecule has 7 heteroatoms. The van der Waals surface area contributed by atoms with Crippen LogP contribution in [0.25, 0.3) is 0 Å². The van der Waals surface area contributed by atoms with Gasteiger partial charge in [0.25, 0.3) is 0 Å². The Hall–Kier alpha value is -2.28. The van der Waals surface area contributed by atoms with E-state index in [2.05, 4.69) is 23.8 Å². The molecule has 1 aromatic rings. The van der Waals surface area contributed by atoms with E-state index in [1.807, 2.05) is 30.3 Å². The lowest BCUT2D eigenvalue weighted by Gasteiger charge is -2.32. The number of ether oxygens (including phenoxy) is 3. The molecule has 6 nitrogen and oxygen atoms in total. The van der Waals surface area contributed by atoms with Crippen LogP contribution in [0.3, 0.4) is 0 Å². The monoisotopic (exact) mass is 504 g/mol. The summed E-state index contributed by atoms with van der Waals surface area (Å²) >= 11 is 1.66. The molecule has 1 aromatic carbocycles. The van der Waals surface area contributed by atoms with Crippen molar-refractivity contribution in [1.29, 1.82) is 0 Å². The van der Waals surface area contributed by atoms with Gasteiger partial charge in [0, 0.05) is 22.5 Å². The van der Waals surface area contributed by atoms with Crippen molar-refractivity contribution in [2.45, 2.75) is 81.3 Å². The Morgan fingerprint density at radius 1 is 1.09 bits per heavy atom. The van der Waals surface area contributed by atoms with Crippen LogP contribution in [-0.4, -0.2) is 44.0 Å². The summed E-state index contributed by atoms with van der Waals surface area (Å²) in [5.74, 6) is -1.55. The lowest BCUT2D eigenvalue weighted by Crippen LogP contribution is -2.45. The fourth-order valence-corrected chi connectivity index (χ4v) is 5.85. The highest BCUT2D eigenvalue weighted by Crippen LogP contribution is 2.48. The minimum absolute atomic E-state index is 0.107. The number of rotatable bonds is 16. The molecule has 2 rings (SSSR count). The molecule has 3 unspecified atom stereocenters. The molecule has 0 aliphatic carbocycles. The Morgan fingerprint density at radius 2 is 1.83 bits per heavy atom. The van der Waals surface area contributed by atoms with E-state index in [1.165, 1.54) is 20.6 Å². The number of cyclic esters (lactones) is 1. The number of hydrogen-bond acceptors (Lipinski definition) is 7. The Bertz CT molecular complexity index is 824. The molecule has 0 amide bonds. The molecule has 1 fully saturated rings. The van der Waals surface area contributed by atoms with Crippen molar-refractivity contribution in [1.82, 2.24) is 0 Å². The molecule has 1 heterocycles. The SMILES string of the molecule is CCCCC/C=C/C(Sc1ccccc1)C1COC(=O)C1(CCCCCCC(=O)OC)C(=O)OC. The van der Waals surface area contributed by atoms with Gasteiger partial charge in [0.1, 0.15) is 0 Å². The molecule has 35 heavy (non-hydrogen) atoms. The van der Waals surface area contributed by atoms with E-state index in [0.717, 1.165) is 43.4 Å². The molecule has 0 spiro atoms. The fourth-order valence-electron chi connectivity index (χ4n) is 4.55. The summed E-state index contributed by atoms with van der Waals surface area (Å²) in [6.45, 7) is 2.37. The topological polar surface area (TPSA) is 78.9 Å². The standard InChI is InChI=1S/C28H40O6S/c1-4-5-6-7-13-18-24(35-22-16-11-10-12-17-22)23-21-34-27(31)28(23,26(30)33-3)20-15-9-8-14-19-25(29)32-2/h10-13,16-18,23-24H,4-9,14-15,19-21H2,1-3H3/b18-13+. The molecule has 1 saturated heterocycles. The normalized spacial score (nSPS) is 20.5. The Kier molecular flexibility index (Phi) is 13.0. The first kappa shape index (κ1) is 29.0. The molecule has 0 aromatic heterocycles. The highest BCUT2D eigenvalue weighted by Gasteiger charge is 2.60. The summed E-state index contributed by atoms with van der Waals surface area (Å²) in [4.78, 5) is 38.7. The molecule has 194 valence electrons. The molecular weight excluding hydrogens is 464 g/mol. The number of hydrogen-bond donors (Lipinski definition) is 0. The van der Waals surface area contributed by atoms with Gasteiger partial charge in [-0.15, -0.1) is 11.8 Å². The average molecular weight is 505 g/mol. The van der Waals surface area contributed by atoms with Gasteiger partial charge >= 0.3 is 17.9 Å². The summed E-state index contributed by atoms with van der Waals surface area (Å²) < 4.78 is 15.4. The van der Waals surface area contributed by atoms with E-state index in [-0.39, 0.29) is 23.7 Å². The molecule has 0 saturated carbocycles. The Balaban J connectivity index is 2.20. The Morgan fingerprint density at radius 3 is 2.51 bits per heavy atom. The van der Waals surface area contributed by atoms with Gasteiger partial charge in [-0.25, -0.2) is 0 Å². The van der Waals surface area contributed by atoms with Gasteiger partial charge in [0.05, 0.1) is 20.8 Å². The molecule has 0 N–H and O–H groups in total. The van der Waals surface area contributed by atoms with Crippen molar-refractivity contribution in [2.24, 2.45) is 11.3 Å². The number of esters is 3. The van der Waals surface area contributed by atoms with E-state index in [4.69, 9.17) is 9.47 Å². The van der Waals surface area contributed by atoms with Gasteiger partial charge in [-0.2, -0.15) is 0 Å². The largest absolute Gasteiger partial charge is 0.469 e. The van der Waals surface area contributed by atoms with Crippen molar-refractivity contribution in [3.05, 3.63) is 42.5 Å². The second-order valence-corrected chi connectivity index (χ2v) is 10.2. The number of allylic oxidation sites excluding steroid dienone is 1. The lowest BCUT2D eigenvalue weighted by molar-refractivity contribution is -0.165. The van der Waals surface area contributed by atoms with Crippen molar-refractivity contribution in [3.63, 3.8) is 0 Å². The number of methoxy groups -OCH3 is 2. The molecule has 3 atom stereocenters. The van der Waals surface area contributed by atoms with Crippen LogP contribution in [0.5, 0.6) is 0 Å². The predicted octanol–water partition coefficient (Wildman–Crippen LogP) is 6.13. The van der Waals surface area contributed by atoms with Gasteiger partial charge in [0.2, 0.25) is 0 Å². The van der Waals surface area contributed by atoms with E-state index >= 15 is 0 Å². The quantitative estimate of drug-likeness (QED) is 0.0669. The van der Waals surface area contributed by atoms with Crippen molar-refractivity contribution in [3.8, 4) is 0 Å². The summed E-state index contributed by atoms with van der Waals surface area (Å²) in [7, 11) is 2.72. The highest BCUT2D eigenvalue weighted by molar-refractivity contribution is 8.00. The van der Waals surface area contributed by atoms with Gasteiger partial charge < -0.3 is 14.2 Å². The van der Waals surface area contributed by atoms with Crippen LogP contribution >= 0.6 is 11.8 Å². The van der Waals surface area contributed by atoms with Crippen LogP contribution in [0.4, 0.5) is 0 Å². The third-order valence-electron chi connectivity index (χ3n) is 6.58. The van der Waals surface area contributed by atoms with Gasteiger partial charge in [-0.05, 0) is 37.8 Å². The van der Waals surface area contributed by atoms with Crippen molar-refractivity contribution in [2.75, 3.05) is 20.8 Å². The molecule has 1 aliphatic heterocycles. The van der Waals surface area contributed by atoms with E-state index in [9.17, 15) is 14.4 Å². The van der Waals surface area contributed by atoms with E-state index in [0.29, 0.717) is 19.3 Å². The first-order valence-electron chi connectivity index (χ1n) is 12.7. The lowest BCUT2D eigenvalue weighted by atomic mass is 9.71. The summed E-state index contributed by atoms with van der Waals surface area (Å²) in [5.41, 5.74) is -1.32. The van der Waals surface area contributed by atoms with Gasteiger partial charge in [0.15, 0.2) is 5.41 Å². The molecular formula is C28H40O6S. The summed E-state index contributed by atoms with van der Waals surface area (Å²) in [6.07, 6.45) is 12.5. The number of carbonyl (C=O) groups excluding carboxylic acids is 3. The number of benzene rings is 1. The third-order valence-corrected chi connectivity index (χ3v) is 7.88. The predicted molar refractivity (Wildman–Crippen MR) is 138 cm³/mol. The minimum Gasteiger partial charge on any atom is -0.469 e. The molecule has 0 radical (unpaired) electrons. The van der Waals surface area contributed by atoms with Crippen LogP contribution in [0.1, 0.15) is 71.1 Å². The zero-order valence-corrected chi connectivity index (χ0v) is 22.1. The second-order valence-electron chi connectivity index (χ2n) is 8.98. The van der Waals surface area contributed by atoms with Crippen LogP contribution in [0.15, 0.2) is 47.4 Å². The van der Waals surface area contributed by atoms with E-state index in [1.54, 1.807) is 11.8 Å². The maximum Gasteiger partial charge on any atom is 0.323 e. The van der Waals surface area contributed by atoms with E-state index < -0.39 is 17.4 Å². The average Bonchev–Trinajstić information content (AvgIpc) is 3.21. The maximum atomic E-state index is 13.2. The van der Waals surface area contributed by atoms with Crippen LogP contribution in [-0.2, 0) is 28.6 Å². The third kappa shape index (κ3) is 8.41. The number of carbonyl (C=O) groups is 3. The van der Waals surface area contributed by atoms with Gasteiger partial charge in [-0.3, -0.25) is 14.4 Å². The highest BCUT2D eigenvalue weighted by atomic mass is 32.2.